The van der Waals surface area contributed by atoms with Crippen molar-refractivity contribution in [3.05, 3.63) is 30.0 Å². The van der Waals surface area contributed by atoms with Crippen molar-refractivity contribution < 1.29 is 0 Å². The first kappa shape index (κ1) is 8.92. The van der Waals surface area contributed by atoms with Gasteiger partial charge in [0, 0.05) is 18.0 Å². The van der Waals surface area contributed by atoms with E-state index in [1.165, 1.54) is 22.9 Å². The zero-order chi connectivity index (χ0) is 10.3. The van der Waals surface area contributed by atoms with Crippen LogP contribution in [0.25, 0.3) is 10.9 Å². The third kappa shape index (κ3) is 1.63. The van der Waals surface area contributed by atoms with Gasteiger partial charge in [-0.15, -0.1) is 0 Å². The van der Waals surface area contributed by atoms with E-state index in [2.05, 4.69) is 40.6 Å². The largest absolute Gasteiger partial charge is 0.310 e. The first-order valence-electron chi connectivity index (χ1n) is 5.49. The number of aromatic amines is 1. The summed E-state index contributed by atoms with van der Waals surface area (Å²) in [6.07, 6.45) is 3.19. The molecule has 0 amide bonds. The number of benzene rings is 1. The molecule has 1 saturated carbocycles. The molecule has 2 unspecified atom stereocenters. The highest BCUT2D eigenvalue weighted by molar-refractivity contribution is 5.81. The lowest BCUT2D eigenvalue weighted by atomic mass is 10.1. The number of aromatic nitrogens is 2. The van der Waals surface area contributed by atoms with Gasteiger partial charge >= 0.3 is 0 Å². The lowest BCUT2D eigenvalue weighted by Gasteiger charge is -2.04. The van der Waals surface area contributed by atoms with Crippen molar-refractivity contribution >= 4 is 10.9 Å². The third-order valence-corrected chi connectivity index (χ3v) is 3.23. The molecular weight excluding hydrogens is 186 g/mol. The summed E-state index contributed by atoms with van der Waals surface area (Å²) >= 11 is 0. The number of rotatable bonds is 3. The lowest BCUT2D eigenvalue weighted by molar-refractivity contribution is 0.654. The van der Waals surface area contributed by atoms with Gasteiger partial charge in [0.25, 0.3) is 0 Å². The fraction of sp³-hybridized carbons (Fsp3) is 0.417. The smallest absolute Gasteiger partial charge is 0.0695 e. The fourth-order valence-corrected chi connectivity index (χ4v) is 2.03. The number of hydrogen-bond donors (Lipinski definition) is 2. The normalized spacial score (nSPS) is 24.6. The molecule has 3 rings (SSSR count). The number of para-hydroxylation sites is 1. The summed E-state index contributed by atoms with van der Waals surface area (Å²) < 4.78 is 0. The zero-order valence-corrected chi connectivity index (χ0v) is 8.83. The minimum absolute atomic E-state index is 0.725. The molecule has 0 aliphatic heterocycles. The molecule has 1 aliphatic rings. The molecule has 0 bridgehead atoms. The third-order valence-electron chi connectivity index (χ3n) is 3.23. The van der Waals surface area contributed by atoms with Gasteiger partial charge in [-0.3, -0.25) is 5.10 Å². The van der Waals surface area contributed by atoms with Crippen molar-refractivity contribution in [1.82, 2.24) is 15.5 Å². The molecule has 2 atom stereocenters. The van der Waals surface area contributed by atoms with Gasteiger partial charge in [-0.05, 0) is 17.9 Å². The molecule has 3 nitrogen and oxygen atoms in total. The topological polar surface area (TPSA) is 40.7 Å². The van der Waals surface area contributed by atoms with E-state index in [-0.39, 0.29) is 0 Å². The van der Waals surface area contributed by atoms with Crippen LogP contribution in [0.5, 0.6) is 0 Å². The van der Waals surface area contributed by atoms with Crippen molar-refractivity contribution in [1.29, 1.82) is 0 Å². The lowest BCUT2D eigenvalue weighted by Crippen LogP contribution is -2.17. The molecule has 0 spiro atoms. The van der Waals surface area contributed by atoms with Crippen molar-refractivity contribution in [3.8, 4) is 0 Å². The average Bonchev–Trinajstić information content (AvgIpc) is 2.78. The number of nitrogens with one attached hydrogen (secondary N) is 2. The second kappa shape index (κ2) is 3.35. The summed E-state index contributed by atoms with van der Waals surface area (Å²) in [5, 5.41) is 11.9. The van der Waals surface area contributed by atoms with Gasteiger partial charge in [0.1, 0.15) is 0 Å². The summed E-state index contributed by atoms with van der Waals surface area (Å²) in [6, 6.07) is 7.05. The van der Waals surface area contributed by atoms with E-state index >= 15 is 0 Å². The quantitative estimate of drug-likeness (QED) is 0.798. The fourth-order valence-electron chi connectivity index (χ4n) is 2.03. The van der Waals surface area contributed by atoms with Gasteiger partial charge in [-0.2, -0.15) is 5.10 Å². The Hall–Kier alpha value is -1.35. The van der Waals surface area contributed by atoms with Gasteiger partial charge in [0.05, 0.1) is 11.7 Å². The van der Waals surface area contributed by atoms with Crippen molar-refractivity contribution in [2.45, 2.75) is 25.9 Å². The Kier molecular flexibility index (Phi) is 1.99. The summed E-state index contributed by atoms with van der Waals surface area (Å²) in [4.78, 5) is 0. The molecule has 1 heterocycles. The monoisotopic (exact) mass is 201 g/mol. The molecule has 2 N–H and O–H groups in total. The van der Waals surface area contributed by atoms with E-state index < -0.39 is 0 Å². The Morgan fingerprint density at radius 1 is 1.53 bits per heavy atom. The average molecular weight is 201 g/mol. The van der Waals surface area contributed by atoms with Crippen LogP contribution in [0.1, 0.15) is 18.9 Å². The summed E-state index contributed by atoms with van der Waals surface area (Å²) in [6.45, 7) is 3.23. The Labute approximate surface area is 88.9 Å². The molecule has 78 valence electrons. The van der Waals surface area contributed by atoms with Gasteiger partial charge in [0.15, 0.2) is 0 Å². The molecule has 2 aromatic rings. The van der Waals surface area contributed by atoms with Gasteiger partial charge in [0.2, 0.25) is 0 Å². The van der Waals surface area contributed by atoms with Crippen molar-refractivity contribution in [2.24, 2.45) is 5.92 Å². The van der Waals surface area contributed by atoms with Crippen LogP contribution >= 0.6 is 0 Å². The van der Waals surface area contributed by atoms with Crippen LogP contribution in [-0.4, -0.2) is 16.2 Å². The first-order valence-corrected chi connectivity index (χ1v) is 5.49. The zero-order valence-electron chi connectivity index (χ0n) is 8.83. The minimum atomic E-state index is 0.725. The highest BCUT2D eigenvalue weighted by Gasteiger charge is 2.31. The Morgan fingerprint density at radius 2 is 2.40 bits per heavy atom. The molecule has 1 aromatic heterocycles. The highest BCUT2D eigenvalue weighted by atomic mass is 15.1. The van der Waals surface area contributed by atoms with E-state index in [1.54, 1.807) is 0 Å². The number of H-pyrrole nitrogens is 1. The predicted octanol–water partition coefficient (Wildman–Crippen LogP) is 2.06. The standard InChI is InChI=1S/C12H15N3/c1-8-5-11(8)13-6-9-3-2-4-10-7-14-15-12(9)10/h2-4,7-8,11,13H,5-6H2,1H3,(H,14,15). The number of hydrogen-bond acceptors (Lipinski definition) is 2. The number of nitrogens with zero attached hydrogens (tertiary/aromatic N) is 1. The van der Waals surface area contributed by atoms with Gasteiger partial charge in [-0.1, -0.05) is 25.1 Å². The summed E-state index contributed by atoms with van der Waals surface area (Å²) in [7, 11) is 0. The predicted molar refractivity (Wildman–Crippen MR) is 60.5 cm³/mol. The second-order valence-corrected chi connectivity index (χ2v) is 4.45. The molecule has 0 saturated heterocycles. The van der Waals surface area contributed by atoms with Gasteiger partial charge in [-0.25, -0.2) is 0 Å². The van der Waals surface area contributed by atoms with E-state index in [1.807, 2.05) is 6.20 Å². The van der Waals surface area contributed by atoms with Crippen molar-refractivity contribution in [2.75, 3.05) is 0 Å². The van der Waals surface area contributed by atoms with E-state index in [0.717, 1.165) is 18.5 Å². The maximum Gasteiger partial charge on any atom is 0.0695 e. The summed E-state index contributed by atoms with van der Waals surface area (Å²) in [5.74, 6) is 0.853. The van der Waals surface area contributed by atoms with Crippen molar-refractivity contribution in [3.63, 3.8) is 0 Å². The SMILES string of the molecule is CC1CC1NCc1cccc2cn[nH]c12. The molecule has 1 fully saturated rings. The Bertz CT molecular complexity index is 474. The van der Waals surface area contributed by atoms with E-state index in [4.69, 9.17) is 0 Å². The van der Waals surface area contributed by atoms with Crippen LogP contribution in [0, 0.1) is 5.92 Å². The molecule has 0 radical (unpaired) electrons. The maximum atomic E-state index is 4.07. The van der Waals surface area contributed by atoms with Crippen LogP contribution in [0.4, 0.5) is 0 Å². The van der Waals surface area contributed by atoms with Crippen LogP contribution in [-0.2, 0) is 6.54 Å². The highest BCUT2D eigenvalue weighted by Crippen LogP contribution is 2.29. The molecule has 15 heavy (non-hydrogen) atoms. The van der Waals surface area contributed by atoms with E-state index in [0.29, 0.717) is 0 Å². The van der Waals surface area contributed by atoms with Crippen LogP contribution in [0.3, 0.4) is 0 Å². The molecule has 1 aliphatic carbocycles. The van der Waals surface area contributed by atoms with Crippen LogP contribution in [0.2, 0.25) is 0 Å². The molecular formula is C12H15N3. The first-order chi connectivity index (χ1) is 7.34. The Morgan fingerprint density at radius 3 is 3.20 bits per heavy atom. The van der Waals surface area contributed by atoms with Crippen LogP contribution in [0.15, 0.2) is 24.4 Å². The minimum Gasteiger partial charge on any atom is -0.310 e. The summed E-state index contributed by atoms with van der Waals surface area (Å²) in [5.41, 5.74) is 2.47. The Balaban J connectivity index is 1.81. The van der Waals surface area contributed by atoms with Crippen LogP contribution < -0.4 is 5.32 Å². The molecule has 3 heteroatoms. The molecule has 1 aromatic carbocycles. The van der Waals surface area contributed by atoms with E-state index in [9.17, 15) is 0 Å². The van der Waals surface area contributed by atoms with Gasteiger partial charge < -0.3 is 5.32 Å². The second-order valence-electron chi connectivity index (χ2n) is 4.45. The number of fused-ring (bicyclic) bond motifs is 1. The maximum absolute atomic E-state index is 4.07.